The summed E-state index contributed by atoms with van der Waals surface area (Å²) in [6.45, 7) is 7.86. The van der Waals surface area contributed by atoms with Crippen molar-refractivity contribution in [2.45, 2.75) is 124 Å². The molecule has 0 bridgehead atoms. The molecule has 0 saturated heterocycles. The Balaban J connectivity index is 4.53. The molecule has 1 nitrogen and oxygen atoms in total. The molecule has 0 aliphatic heterocycles. The SMILES string of the molecule is CCCCCC(CCCCC)(CCCCC)CCCCCN. The van der Waals surface area contributed by atoms with Gasteiger partial charge in [-0.15, -0.1) is 0 Å². The molecule has 1 heteroatoms. The highest BCUT2D eigenvalue weighted by atomic mass is 14.5. The third kappa shape index (κ3) is 11.5. The first-order chi connectivity index (χ1) is 10.7. The van der Waals surface area contributed by atoms with Crippen LogP contribution < -0.4 is 5.73 Å². The first kappa shape index (κ1) is 22.0. The van der Waals surface area contributed by atoms with Crippen LogP contribution in [0, 0.1) is 5.41 Å². The van der Waals surface area contributed by atoms with Gasteiger partial charge in [0, 0.05) is 0 Å². The second-order valence-electron chi connectivity index (χ2n) is 7.47. The molecular weight excluding hydrogens is 266 g/mol. The molecule has 0 fully saturated rings. The van der Waals surface area contributed by atoms with E-state index in [0.717, 1.165) is 6.54 Å². The molecule has 0 aromatic carbocycles. The van der Waals surface area contributed by atoms with E-state index in [1.165, 1.54) is 103 Å². The van der Waals surface area contributed by atoms with Crippen molar-refractivity contribution in [2.75, 3.05) is 6.54 Å². The highest BCUT2D eigenvalue weighted by molar-refractivity contribution is 4.80. The first-order valence-corrected chi connectivity index (χ1v) is 10.4. The Morgan fingerprint density at radius 2 is 0.864 bits per heavy atom. The van der Waals surface area contributed by atoms with Gasteiger partial charge in [0.1, 0.15) is 0 Å². The van der Waals surface area contributed by atoms with E-state index in [1.807, 2.05) is 0 Å². The highest BCUT2D eigenvalue weighted by Gasteiger charge is 2.27. The minimum atomic E-state index is 0.661. The van der Waals surface area contributed by atoms with Crippen LogP contribution in [-0.2, 0) is 0 Å². The first-order valence-electron chi connectivity index (χ1n) is 10.4. The predicted molar refractivity (Wildman–Crippen MR) is 102 cm³/mol. The largest absolute Gasteiger partial charge is 0.330 e. The average molecular weight is 312 g/mol. The number of unbranched alkanes of at least 4 members (excludes halogenated alkanes) is 8. The maximum Gasteiger partial charge on any atom is -0.00773 e. The fourth-order valence-corrected chi connectivity index (χ4v) is 3.82. The van der Waals surface area contributed by atoms with E-state index in [-0.39, 0.29) is 0 Å². The quantitative estimate of drug-likeness (QED) is 0.282. The van der Waals surface area contributed by atoms with Crippen LogP contribution in [0.3, 0.4) is 0 Å². The molecule has 22 heavy (non-hydrogen) atoms. The third-order valence-electron chi connectivity index (χ3n) is 5.34. The Kier molecular flexibility index (Phi) is 15.8. The highest BCUT2D eigenvalue weighted by Crippen LogP contribution is 2.41. The maximum absolute atomic E-state index is 5.67. The van der Waals surface area contributed by atoms with Crippen LogP contribution in [0.5, 0.6) is 0 Å². The molecule has 0 rings (SSSR count). The van der Waals surface area contributed by atoms with E-state index in [0.29, 0.717) is 5.41 Å². The van der Waals surface area contributed by atoms with E-state index in [2.05, 4.69) is 20.8 Å². The van der Waals surface area contributed by atoms with Gasteiger partial charge in [-0.2, -0.15) is 0 Å². The van der Waals surface area contributed by atoms with Gasteiger partial charge in [-0.1, -0.05) is 91.4 Å². The lowest BCUT2D eigenvalue weighted by atomic mass is 9.70. The second-order valence-corrected chi connectivity index (χ2v) is 7.47. The summed E-state index contributed by atoms with van der Waals surface area (Å²) >= 11 is 0. The zero-order chi connectivity index (χ0) is 16.5. The van der Waals surface area contributed by atoms with Crippen molar-refractivity contribution in [3.05, 3.63) is 0 Å². The fraction of sp³-hybridized carbons (Fsp3) is 1.00. The molecule has 134 valence electrons. The van der Waals surface area contributed by atoms with Crippen molar-refractivity contribution in [2.24, 2.45) is 11.1 Å². The second kappa shape index (κ2) is 15.8. The number of nitrogens with two attached hydrogens (primary N) is 1. The molecule has 0 radical (unpaired) electrons. The maximum atomic E-state index is 5.67. The van der Waals surface area contributed by atoms with Gasteiger partial charge in [-0.3, -0.25) is 0 Å². The summed E-state index contributed by atoms with van der Waals surface area (Å²) in [5, 5.41) is 0. The monoisotopic (exact) mass is 311 g/mol. The van der Waals surface area contributed by atoms with E-state index < -0.39 is 0 Å². The van der Waals surface area contributed by atoms with Crippen LogP contribution in [0.1, 0.15) is 124 Å². The van der Waals surface area contributed by atoms with Crippen LogP contribution >= 0.6 is 0 Å². The van der Waals surface area contributed by atoms with Gasteiger partial charge in [-0.25, -0.2) is 0 Å². The third-order valence-corrected chi connectivity index (χ3v) is 5.34. The van der Waals surface area contributed by atoms with Crippen LogP contribution in [0.2, 0.25) is 0 Å². The van der Waals surface area contributed by atoms with Gasteiger partial charge < -0.3 is 5.73 Å². The molecule has 0 saturated carbocycles. The van der Waals surface area contributed by atoms with Gasteiger partial charge in [-0.05, 0) is 44.1 Å². The smallest absolute Gasteiger partial charge is 0.00773 e. The van der Waals surface area contributed by atoms with Crippen molar-refractivity contribution in [1.82, 2.24) is 0 Å². The summed E-state index contributed by atoms with van der Waals surface area (Å²) < 4.78 is 0. The molecule has 0 aliphatic rings. The molecule has 0 aromatic heterocycles. The molecule has 0 heterocycles. The van der Waals surface area contributed by atoms with Gasteiger partial charge >= 0.3 is 0 Å². The number of hydrogen-bond acceptors (Lipinski definition) is 1. The lowest BCUT2D eigenvalue weighted by Crippen LogP contribution is -2.21. The van der Waals surface area contributed by atoms with Gasteiger partial charge in [0.2, 0.25) is 0 Å². The molecule has 0 unspecified atom stereocenters. The Bertz CT molecular complexity index is 185. The molecule has 0 amide bonds. The van der Waals surface area contributed by atoms with Crippen LogP contribution in [-0.4, -0.2) is 6.54 Å². The summed E-state index contributed by atoms with van der Waals surface area (Å²) in [6.07, 6.45) is 22.6. The lowest BCUT2D eigenvalue weighted by Gasteiger charge is -2.35. The Labute approximate surface area is 141 Å². The summed E-state index contributed by atoms with van der Waals surface area (Å²) in [6, 6.07) is 0. The molecule has 0 aliphatic carbocycles. The standard InChI is InChI=1S/C21H45N/c1-4-7-11-16-21(17-12-8-5-2,18-13-9-6-3)19-14-10-15-20-22/h4-20,22H2,1-3H3. The molecular formula is C21H45N. The van der Waals surface area contributed by atoms with Gasteiger partial charge in [0.25, 0.3) is 0 Å². The van der Waals surface area contributed by atoms with Gasteiger partial charge in [0.05, 0.1) is 0 Å². The Morgan fingerprint density at radius 1 is 0.500 bits per heavy atom. The normalized spacial score (nSPS) is 12.0. The summed E-state index contributed by atoms with van der Waals surface area (Å²) in [5.74, 6) is 0. The number of hydrogen-bond donors (Lipinski definition) is 1. The van der Waals surface area contributed by atoms with Crippen molar-refractivity contribution >= 4 is 0 Å². The fourth-order valence-electron chi connectivity index (χ4n) is 3.82. The molecule has 0 spiro atoms. The van der Waals surface area contributed by atoms with E-state index in [1.54, 1.807) is 0 Å². The van der Waals surface area contributed by atoms with E-state index in [4.69, 9.17) is 5.73 Å². The van der Waals surface area contributed by atoms with Gasteiger partial charge in [0.15, 0.2) is 0 Å². The Morgan fingerprint density at radius 3 is 1.18 bits per heavy atom. The van der Waals surface area contributed by atoms with Crippen LogP contribution in [0.25, 0.3) is 0 Å². The molecule has 0 atom stereocenters. The zero-order valence-electron chi connectivity index (χ0n) is 16.1. The van der Waals surface area contributed by atoms with Crippen molar-refractivity contribution in [3.63, 3.8) is 0 Å². The minimum absolute atomic E-state index is 0.661. The van der Waals surface area contributed by atoms with E-state index >= 15 is 0 Å². The summed E-state index contributed by atoms with van der Waals surface area (Å²) in [4.78, 5) is 0. The van der Waals surface area contributed by atoms with Crippen molar-refractivity contribution in [1.29, 1.82) is 0 Å². The molecule has 2 N–H and O–H groups in total. The summed E-state index contributed by atoms with van der Waals surface area (Å²) in [5.41, 5.74) is 6.33. The van der Waals surface area contributed by atoms with Crippen LogP contribution in [0.4, 0.5) is 0 Å². The summed E-state index contributed by atoms with van der Waals surface area (Å²) in [7, 11) is 0. The zero-order valence-corrected chi connectivity index (χ0v) is 16.1. The Hall–Kier alpha value is -0.0400. The van der Waals surface area contributed by atoms with Crippen LogP contribution in [0.15, 0.2) is 0 Å². The van der Waals surface area contributed by atoms with Crippen molar-refractivity contribution < 1.29 is 0 Å². The predicted octanol–water partition coefficient (Wildman–Crippen LogP) is 7.23. The topological polar surface area (TPSA) is 26.0 Å². The minimum Gasteiger partial charge on any atom is -0.330 e. The lowest BCUT2D eigenvalue weighted by molar-refractivity contribution is 0.173. The number of rotatable bonds is 17. The molecule has 0 aromatic rings. The van der Waals surface area contributed by atoms with Crippen molar-refractivity contribution in [3.8, 4) is 0 Å². The van der Waals surface area contributed by atoms with E-state index in [9.17, 15) is 0 Å². The average Bonchev–Trinajstić information content (AvgIpc) is 2.52.